The fourth-order valence-electron chi connectivity index (χ4n) is 2.30. The number of hydrogen-bond acceptors (Lipinski definition) is 2. The van der Waals surface area contributed by atoms with Crippen molar-refractivity contribution in [2.24, 2.45) is 5.92 Å². The van der Waals surface area contributed by atoms with Crippen molar-refractivity contribution in [3.05, 3.63) is 32.7 Å². The van der Waals surface area contributed by atoms with Gasteiger partial charge in [0.15, 0.2) is 0 Å². The molecule has 1 unspecified atom stereocenters. The molecule has 0 bridgehead atoms. The van der Waals surface area contributed by atoms with Gasteiger partial charge in [-0.15, -0.1) is 0 Å². The fourth-order valence-corrected chi connectivity index (χ4v) is 2.91. The summed E-state index contributed by atoms with van der Waals surface area (Å²) in [6.45, 7) is 4.46. The Bertz CT molecular complexity index is 615. The van der Waals surface area contributed by atoms with Gasteiger partial charge in [-0.25, -0.2) is 4.79 Å². The van der Waals surface area contributed by atoms with Crippen molar-refractivity contribution < 1.29 is 0 Å². The molecular formula is C14H20BrN3O. The summed E-state index contributed by atoms with van der Waals surface area (Å²) in [5, 5.41) is 3.35. The number of halogens is 1. The monoisotopic (exact) mass is 325 g/mol. The molecule has 1 aromatic heterocycles. The van der Waals surface area contributed by atoms with Gasteiger partial charge in [0.05, 0.1) is 11.0 Å². The van der Waals surface area contributed by atoms with Crippen LogP contribution in [0.5, 0.6) is 0 Å². The number of aromatic amines is 2. The number of H-pyrrole nitrogens is 2. The molecule has 2 aromatic rings. The number of nitrogens with one attached hydrogen (secondary N) is 3. The van der Waals surface area contributed by atoms with Crippen molar-refractivity contribution in [2.45, 2.75) is 32.7 Å². The molecule has 0 amide bonds. The predicted molar refractivity (Wildman–Crippen MR) is 82.5 cm³/mol. The van der Waals surface area contributed by atoms with E-state index < -0.39 is 0 Å². The zero-order chi connectivity index (χ0) is 14.0. The number of aromatic nitrogens is 2. The highest BCUT2D eigenvalue weighted by atomic mass is 79.9. The molecule has 0 spiro atoms. The van der Waals surface area contributed by atoms with E-state index in [0.717, 1.165) is 21.9 Å². The summed E-state index contributed by atoms with van der Waals surface area (Å²) in [7, 11) is 1.97. The first-order valence-corrected chi connectivity index (χ1v) is 7.39. The molecule has 0 aliphatic heterocycles. The van der Waals surface area contributed by atoms with E-state index in [2.05, 4.69) is 45.1 Å². The average Bonchev–Trinajstić information content (AvgIpc) is 2.68. The lowest BCUT2D eigenvalue weighted by Gasteiger charge is -2.19. The van der Waals surface area contributed by atoms with Gasteiger partial charge in [0.25, 0.3) is 0 Å². The van der Waals surface area contributed by atoms with Gasteiger partial charge in [-0.3, -0.25) is 0 Å². The quantitative estimate of drug-likeness (QED) is 0.789. The van der Waals surface area contributed by atoms with Gasteiger partial charge in [0.2, 0.25) is 0 Å². The van der Waals surface area contributed by atoms with Crippen molar-refractivity contribution in [1.29, 1.82) is 0 Å². The second-order valence-electron chi connectivity index (χ2n) is 5.31. The van der Waals surface area contributed by atoms with Crippen LogP contribution in [0.15, 0.2) is 21.4 Å². The molecule has 4 nitrogen and oxygen atoms in total. The van der Waals surface area contributed by atoms with E-state index in [9.17, 15) is 4.79 Å². The van der Waals surface area contributed by atoms with Crippen molar-refractivity contribution in [1.82, 2.24) is 15.3 Å². The van der Waals surface area contributed by atoms with Crippen LogP contribution in [0.1, 0.15) is 38.3 Å². The van der Waals surface area contributed by atoms with E-state index in [0.29, 0.717) is 12.0 Å². The van der Waals surface area contributed by atoms with E-state index in [4.69, 9.17) is 0 Å². The maximum Gasteiger partial charge on any atom is 0.323 e. The number of imidazole rings is 1. The molecule has 19 heavy (non-hydrogen) atoms. The summed E-state index contributed by atoms with van der Waals surface area (Å²) < 4.78 is 1.03. The Kier molecular flexibility index (Phi) is 4.47. The van der Waals surface area contributed by atoms with Crippen LogP contribution in [0, 0.1) is 5.92 Å². The van der Waals surface area contributed by atoms with Gasteiger partial charge < -0.3 is 15.3 Å². The molecule has 0 aliphatic rings. The summed E-state index contributed by atoms with van der Waals surface area (Å²) >= 11 is 3.60. The minimum absolute atomic E-state index is 0.165. The Morgan fingerprint density at radius 2 is 1.84 bits per heavy atom. The van der Waals surface area contributed by atoms with Gasteiger partial charge in [-0.1, -0.05) is 29.8 Å². The third kappa shape index (κ3) is 3.28. The molecule has 104 valence electrons. The van der Waals surface area contributed by atoms with Gasteiger partial charge >= 0.3 is 5.69 Å². The topological polar surface area (TPSA) is 60.7 Å². The molecule has 0 aliphatic carbocycles. The lowest BCUT2D eigenvalue weighted by atomic mass is 9.97. The number of fused-ring (bicyclic) bond motifs is 1. The molecule has 3 N–H and O–H groups in total. The smallest absolute Gasteiger partial charge is 0.313 e. The summed E-state index contributed by atoms with van der Waals surface area (Å²) in [4.78, 5) is 16.9. The van der Waals surface area contributed by atoms with E-state index >= 15 is 0 Å². The average molecular weight is 326 g/mol. The van der Waals surface area contributed by atoms with Crippen LogP contribution in [0.2, 0.25) is 0 Å². The molecule has 5 heteroatoms. The lowest BCUT2D eigenvalue weighted by molar-refractivity contribution is 0.464. The van der Waals surface area contributed by atoms with Gasteiger partial charge in [-0.2, -0.15) is 0 Å². The van der Waals surface area contributed by atoms with Crippen LogP contribution in [-0.4, -0.2) is 17.0 Å². The summed E-state index contributed by atoms with van der Waals surface area (Å²) in [5.41, 5.74) is 2.71. The highest BCUT2D eigenvalue weighted by Crippen LogP contribution is 2.30. The normalized spacial score (nSPS) is 13.3. The third-order valence-corrected chi connectivity index (χ3v) is 4.08. The zero-order valence-electron chi connectivity index (χ0n) is 11.5. The molecule has 0 radical (unpaired) electrons. The first-order chi connectivity index (χ1) is 9.01. The highest BCUT2D eigenvalue weighted by molar-refractivity contribution is 9.10. The SMILES string of the molecule is CNC(CCC(C)C)c1cc2[nH]c(=O)[nH]c2cc1Br. The summed E-state index contributed by atoms with van der Waals surface area (Å²) in [5.74, 6) is 0.686. The Morgan fingerprint density at radius 1 is 1.21 bits per heavy atom. The van der Waals surface area contributed by atoms with Gasteiger partial charge in [0.1, 0.15) is 0 Å². The summed E-state index contributed by atoms with van der Waals surface area (Å²) in [6, 6.07) is 4.29. The fraction of sp³-hybridized carbons (Fsp3) is 0.500. The first-order valence-electron chi connectivity index (χ1n) is 6.60. The molecular weight excluding hydrogens is 306 g/mol. The van der Waals surface area contributed by atoms with Gasteiger partial charge in [0, 0.05) is 10.5 Å². The number of hydrogen-bond donors (Lipinski definition) is 3. The maximum absolute atomic E-state index is 11.3. The molecule has 1 atom stereocenters. The Morgan fingerprint density at radius 3 is 2.42 bits per heavy atom. The zero-order valence-corrected chi connectivity index (χ0v) is 13.1. The lowest BCUT2D eigenvalue weighted by Crippen LogP contribution is -2.17. The molecule has 0 fully saturated rings. The molecule has 0 saturated heterocycles. The second kappa shape index (κ2) is 5.92. The standard InChI is InChI=1S/C14H20BrN3O/c1-8(2)4-5-11(16-3)9-6-12-13(7-10(9)15)18-14(19)17-12/h6-8,11,16H,4-5H2,1-3H3,(H2,17,18,19). The van der Waals surface area contributed by atoms with Crippen LogP contribution in [0.4, 0.5) is 0 Å². The van der Waals surface area contributed by atoms with Crippen molar-refractivity contribution in [3.63, 3.8) is 0 Å². The number of rotatable bonds is 5. The van der Waals surface area contributed by atoms with Crippen molar-refractivity contribution in [3.8, 4) is 0 Å². The third-order valence-electron chi connectivity index (χ3n) is 3.39. The highest BCUT2D eigenvalue weighted by Gasteiger charge is 2.15. The van der Waals surface area contributed by atoms with Crippen LogP contribution in [0.25, 0.3) is 11.0 Å². The Balaban J connectivity index is 2.35. The summed E-state index contributed by atoms with van der Waals surface area (Å²) in [6.07, 6.45) is 2.24. The van der Waals surface area contributed by atoms with Crippen LogP contribution in [-0.2, 0) is 0 Å². The first kappa shape index (κ1) is 14.3. The van der Waals surface area contributed by atoms with E-state index in [1.807, 2.05) is 19.2 Å². The largest absolute Gasteiger partial charge is 0.323 e. The van der Waals surface area contributed by atoms with Crippen LogP contribution >= 0.6 is 15.9 Å². The van der Waals surface area contributed by atoms with Crippen molar-refractivity contribution in [2.75, 3.05) is 7.05 Å². The van der Waals surface area contributed by atoms with Crippen LogP contribution in [0.3, 0.4) is 0 Å². The number of benzene rings is 1. The van der Waals surface area contributed by atoms with E-state index in [1.54, 1.807) is 0 Å². The van der Waals surface area contributed by atoms with Crippen molar-refractivity contribution >= 4 is 27.0 Å². The second-order valence-corrected chi connectivity index (χ2v) is 6.17. The minimum Gasteiger partial charge on any atom is -0.313 e. The minimum atomic E-state index is -0.165. The predicted octanol–water partition coefficient (Wildman–Crippen LogP) is 3.32. The Labute approximate surface area is 121 Å². The molecule has 1 heterocycles. The molecule has 1 aromatic carbocycles. The Hall–Kier alpha value is -1.07. The van der Waals surface area contributed by atoms with Crippen LogP contribution < -0.4 is 11.0 Å². The van der Waals surface area contributed by atoms with E-state index in [1.165, 1.54) is 12.0 Å². The van der Waals surface area contributed by atoms with E-state index in [-0.39, 0.29) is 5.69 Å². The molecule has 2 rings (SSSR count). The van der Waals surface area contributed by atoms with Gasteiger partial charge in [-0.05, 0) is 43.5 Å². The molecule has 0 saturated carbocycles. The maximum atomic E-state index is 11.3.